The maximum atomic E-state index is 5.18. The molecule has 1 unspecified atom stereocenters. The third-order valence-corrected chi connectivity index (χ3v) is 11.5. The van der Waals surface area contributed by atoms with E-state index in [2.05, 4.69) is 185 Å². The van der Waals surface area contributed by atoms with Crippen molar-refractivity contribution >= 4 is 39.7 Å². The molecule has 8 aromatic rings. The van der Waals surface area contributed by atoms with E-state index in [4.69, 9.17) is 9.98 Å². The van der Waals surface area contributed by atoms with Gasteiger partial charge in [0, 0.05) is 33.3 Å². The lowest BCUT2D eigenvalue weighted by molar-refractivity contribution is 0.755. The van der Waals surface area contributed by atoms with E-state index in [9.17, 15) is 0 Å². The number of aliphatic imine (C=N–C) groups is 2. The summed E-state index contributed by atoms with van der Waals surface area (Å²) in [5.41, 5.74) is 13.9. The highest BCUT2D eigenvalue weighted by molar-refractivity contribution is 6.16. The first-order valence-corrected chi connectivity index (χ1v) is 20.0. The highest BCUT2D eigenvalue weighted by atomic mass is 15.3. The van der Waals surface area contributed by atoms with E-state index in [1.807, 2.05) is 36.4 Å². The molecule has 3 heterocycles. The first-order valence-electron chi connectivity index (χ1n) is 20.0. The zero-order valence-corrected chi connectivity index (χ0v) is 31.8. The van der Waals surface area contributed by atoms with Crippen molar-refractivity contribution in [3.8, 4) is 27.9 Å². The molecule has 0 bridgehead atoms. The van der Waals surface area contributed by atoms with Crippen molar-refractivity contribution in [3.63, 3.8) is 0 Å². The summed E-state index contributed by atoms with van der Waals surface area (Å²) in [5, 5.41) is 4.77. The number of anilines is 2. The molecule has 5 nitrogen and oxygen atoms in total. The van der Waals surface area contributed by atoms with E-state index in [1.165, 1.54) is 50.2 Å². The Balaban J connectivity index is 1.07. The van der Waals surface area contributed by atoms with Crippen molar-refractivity contribution in [2.75, 3.05) is 4.90 Å². The Labute approximate surface area is 338 Å². The lowest BCUT2D eigenvalue weighted by Gasteiger charge is -2.35. The molecule has 276 valence electrons. The normalized spacial score (nSPS) is 16.0. The van der Waals surface area contributed by atoms with Crippen LogP contribution in [0.25, 0.3) is 44.4 Å². The number of benzene rings is 7. The second-order valence-electron chi connectivity index (χ2n) is 15.0. The summed E-state index contributed by atoms with van der Waals surface area (Å²) >= 11 is 0. The molecule has 1 aromatic heterocycles. The summed E-state index contributed by atoms with van der Waals surface area (Å²) < 4.78 is 2.47. The van der Waals surface area contributed by atoms with Gasteiger partial charge in [0.25, 0.3) is 0 Å². The highest BCUT2D eigenvalue weighted by Crippen LogP contribution is 2.53. The SMILES string of the molecule is C1=CC(c2cccc(C3N=C(c4ccccc4)NC(c4ccccc4)=N3)c2)=CC(N2c3ccccc3-c3ccccc3-c3c2n(-c2ccccc2)c2ccccc32)C1. The van der Waals surface area contributed by atoms with Gasteiger partial charge in [-0.15, -0.1) is 0 Å². The summed E-state index contributed by atoms with van der Waals surface area (Å²) in [4.78, 5) is 13.0. The standard InChI is InChI=1S/C53H39N5/c1-4-18-36(19-5-1)50-54-51(37-20-6-2-7-21-37)56-52(55-50)40-24-16-22-38(34-40)39-23-17-27-42(35-39)58-47-32-14-12-29-44(47)43-28-10-11-30-45(43)49-46-31-13-15-33-48(46)57(53(49)58)41-25-8-3-9-26-41/h1-26,28-35,42,52H,27H2,(H,54,55,56). The molecule has 1 N–H and O–H groups in total. The van der Waals surface area contributed by atoms with Gasteiger partial charge < -0.3 is 10.2 Å². The summed E-state index contributed by atoms with van der Waals surface area (Å²) in [7, 11) is 0. The average Bonchev–Trinajstić information content (AvgIpc) is 3.58. The maximum Gasteiger partial charge on any atom is 0.169 e. The lowest BCUT2D eigenvalue weighted by atomic mass is 9.93. The zero-order chi connectivity index (χ0) is 38.4. The van der Waals surface area contributed by atoms with Gasteiger partial charge in [0.05, 0.1) is 17.2 Å². The molecule has 0 fully saturated rings. The molecule has 3 aliphatic rings. The monoisotopic (exact) mass is 745 g/mol. The molecule has 1 aliphatic carbocycles. The zero-order valence-electron chi connectivity index (χ0n) is 31.8. The second kappa shape index (κ2) is 14.2. The van der Waals surface area contributed by atoms with Crippen LogP contribution in [-0.4, -0.2) is 22.3 Å². The van der Waals surface area contributed by atoms with Gasteiger partial charge >= 0.3 is 0 Å². The Kier molecular flexibility index (Phi) is 8.29. The van der Waals surface area contributed by atoms with Crippen LogP contribution >= 0.6 is 0 Å². The molecule has 1 atom stereocenters. The fourth-order valence-electron chi connectivity index (χ4n) is 8.86. The van der Waals surface area contributed by atoms with Crippen LogP contribution in [-0.2, 0) is 0 Å². The molecule has 11 rings (SSSR count). The summed E-state index contributed by atoms with van der Waals surface area (Å²) in [6.45, 7) is 0. The fourth-order valence-corrected chi connectivity index (χ4v) is 8.86. The van der Waals surface area contributed by atoms with E-state index in [0.717, 1.165) is 46.0 Å². The van der Waals surface area contributed by atoms with Crippen LogP contribution in [0.5, 0.6) is 0 Å². The van der Waals surface area contributed by atoms with Crippen LogP contribution in [0.2, 0.25) is 0 Å². The number of allylic oxidation sites excluding steroid dienone is 2. The second-order valence-corrected chi connectivity index (χ2v) is 15.0. The van der Waals surface area contributed by atoms with Gasteiger partial charge in [0.1, 0.15) is 17.5 Å². The van der Waals surface area contributed by atoms with Crippen LogP contribution in [0.1, 0.15) is 34.8 Å². The number of hydrogen-bond acceptors (Lipinski definition) is 4. The molecule has 0 saturated heterocycles. The summed E-state index contributed by atoms with van der Waals surface area (Å²) in [6, 6.07) is 66.9. The first kappa shape index (κ1) is 33.8. The van der Waals surface area contributed by atoms with Crippen LogP contribution in [0.4, 0.5) is 11.5 Å². The van der Waals surface area contributed by atoms with Gasteiger partial charge in [-0.3, -0.25) is 4.57 Å². The number of nitrogens with one attached hydrogen (secondary N) is 1. The highest BCUT2D eigenvalue weighted by Gasteiger charge is 2.34. The number of aromatic nitrogens is 1. The van der Waals surface area contributed by atoms with Crippen molar-refractivity contribution in [2.45, 2.75) is 18.6 Å². The number of nitrogens with zero attached hydrogens (tertiary/aromatic N) is 4. The van der Waals surface area contributed by atoms with Crippen molar-refractivity contribution in [1.82, 2.24) is 9.88 Å². The molecular weight excluding hydrogens is 707 g/mol. The minimum atomic E-state index is -0.407. The number of amidine groups is 2. The van der Waals surface area contributed by atoms with Crippen LogP contribution in [0.15, 0.2) is 216 Å². The van der Waals surface area contributed by atoms with E-state index in [-0.39, 0.29) is 6.04 Å². The molecule has 58 heavy (non-hydrogen) atoms. The van der Waals surface area contributed by atoms with Gasteiger partial charge in [0.2, 0.25) is 0 Å². The van der Waals surface area contributed by atoms with Crippen molar-refractivity contribution in [2.24, 2.45) is 9.98 Å². The number of hydrogen-bond donors (Lipinski definition) is 1. The predicted molar refractivity (Wildman–Crippen MR) is 240 cm³/mol. The minimum Gasteiger partial charge on any atom is -0.324 e. The van der Waals surface area contributed by atoms with Crippen LogP contribution in [0, 0.1) is 0 Å². The lowest BCUT2D eigenvalue weighted by Crippen LogP contribution is -2.36. The van der Waals surface area contributed by atoms with Gasteiger partial charge in [0.15, 0.2) is 6.17 Å². The Morgan fingerprint density at radius 3 is 1.88 bits per heavy atom. The van der Waals surface area contributed by atoms with Crippen molar-refractivity contribution < 1.29 is 0 Å². The topological polar surface area (TPSA) is 44.9 Å². The third kappa shape index (κ3) is 5.79. The van der Waals surface area contributed by atoms with E-state index in [1.54, 1.807) is 0 Å². The molecule has 2 aliphatic heterocycles. The van der Waals surface area contributed by atoms with E-state index in [0.29, 0.717) is 0 Å². The quantitative estimate of drug-likeness (QED) is 0.184. The molecule has 7 aromatic carbocycles. The average molecular weight is 746 g/mol. The predicted octanol–water partition coefficient (Wildman–Crippen LogP) is 12.3. The molecule has 0 amide bonds. The van der Waals surface area contributed by atoms with E-state index < -0.39 is 6.17 Å². The van der Waals surface area contributed by atoms with Gasteiger partial charge in [-0.05, 0) is 64.6 Å². The summed E-state index contributed by atoms with van der Waals surface area (Å²) in [6.07, 6.45) is 7.53. The Morgan fingerprint density at radius 2 is 1.14 bits per heavy atom. The molecular formula is C53H39N5. The van der Waals surface area contributed by atoms with Crippen molar-refractivity contribution in [1.29, 1.82) is 0 Å². The molecule has 0 spiro atoms. The number of fused-ring (bicyclic) bond motifs is 7. The molecule has 5 heteroatoms. The summed E-state index contributed by atoms with van der Waals surface area (Å²) in [5.74, 6) is 2.80. The number of rotatable bonds is 6. The minimum absolute atomic E-state index is 0.0222. The van der Waals surface area contributed by atoms with Gasteiger partial charge in [-0.1, -0.05) is 176 Å². The van der Waals surface area contributed by atoms with Crippen molar-refractivity contribution in [3.05, 3.63) is 229 Å². The fraction of sp³-hybridized carbons (Fsp3) is 0.0566. The molecule has 0 saturated carbocycles. The smallest absolute Gasteiger partial charge is 0.169 e. The van der Waals surface area contributed by atoms with Crippen LogP contribution < -0.4 is 10.2 Å². The number of para-hydroxylation sites is 3. The largest absolute Gasteiger partial charge is 0.324 e. The Hall–Kier alpha value is -7.50. The Morgan fingerprint density at radius 1 is 0.534 bits per heavy atom. The molecule has 0 radical (unpaired) electrons. The Bertz CT molecular complexity index is 2900. The van der Waals surface area contributed by atoms with Crippen LogP contribution in [0.3, 0.4) is 0 Å². The van der Waals surface area contributed by atoms with Gasteiger partial charge in [-0.2, -0.15) is 0 Å². The maximum absolute atomic E-state index is 5.18. The first-order chi connectivity index (χ1) is 28.8. The third-order valence-electron chi connectivity index (χ3n) is 11.5. The van der Waals surface area contributed by atoms with Gasteiger partial charge in [-0.25, -0.2) is 9.98 Å². The van der Waals surface area contributed by atoms with E-state index >= 15 is 0 Å².